The lowest BCUT2D eigenvalue weighted by molar-refractivity contribution is -0.164. The summed E-state index contributed by atoms with van der Waals surface area (Å²) in [6, 6.07) is 7.29. The summed E-state index contributed by atoms with van der Waals surface area (Å²) in [5, 5.41) is 12.6. The molecular weight excluding hydrogens is 428 g/mol. The lowest BCUT2D eigenvalue weighted by Gasteiger charge is -2.63. The zero-order chi connectivity index (χ0) is 25.4. The standard InChI is InChI=1S/C27H36N4O3/c1-10-33-20-13-19(12-11-18(20)14-28)34-25-26(6,7)24(27(25,8)9)31-23(32)21-16(4)29-22(15(2)3)30-17(21)5/h11-13,15,24-25H,10H2,1-9H3,(H,31,32). The monoisotopic (exact) mass is 464 g/mol. The van der Waals surface area contributed by atoms with Gasteiger partial charge in [-0.2, -0.15) is 5.26 Å². The van der Waals surface area contributed by atoms with Crippen molar-refractivity contribution in [1.82, 2.24) is 15.3 Å². The molecule has 7 heteroatoms. The average Bonchev–Trinajstić information content (AvgIpc) is 2.75. The van der Waals surface area contributed by atoms with Crippen LogP contribution < -0.4 is 14.8 Å². The van der Waals surface area contributed by atoms with E-state index in [9.17, 15) is 10.1 Å². The van der Waals surface area contributed by atoms with Gasteiger partial charge in [0, 0.05) is 28.9 Å². The first kappa shape index (κ1) is 25.5. The van der Waals surface area contributed by atoms with Crippen molar-refractivity contribution in [3.05, 3.63) is 46.5 Å². The van der Waals surface area contributed by atoms with Crippen molar-refractivity contribution in [2.24, 2.45) is 10.8 Å². The fraction of sp³-hybridized carbons (Fsp3) is 0.556. The Morgan fingerprint density at radius 2 is 1.74 bits per heavy atom. The molecule has 0 saturated heterocycles. The summed E-state index contributed by atoms with van der Waals surface area (Å²) in [7, 11) is 0. The van der Waals surface area contributed by atoms with Crippen molar-refractivity contribution in [2.45, 2.75) is 80.4 Å². The minimum absolute atomic E-state index is 0.120. The lowest BCUT2D eigenvalue weighted by Crippen LogP contribution is -2.74. The Hall–Kier alpha value is -3.14. The molecule has 0 atom stereocenters. The van der Waals surface area contributed by atoms with E-state index in [0.717, 1.165) is 5.82 Å². The van der Waals surface area contributed by atoms with Crippen molar-refractivity contribution in [2.75, 3.05) is 6.61 Å². The van der Waals surface area contributed by atoms with E-state index in [4.69, 9.17) is 9.47 Å². The second-order valence-electron chi connectivity index (χ2n) is 10.5. The predicted octanol–water partition coefficient (Wildman–Crippen LogP) is 5.10. The van der Waals surface area contributed by atoms with E-state index < -0.39 is 0 Å². The van der Waals surface area contributed by atoms with Gasteiger partial charge in [0.2, 0.25) is 0 Å². The van der Waals surface area contributed by atoms with Crippen LogP contribution in [0.1, 0.15) is 87.5 Å². The molecule has 34 heavy (non-hydrogen) atoms. The topological polar surface area (TPSA) is 97.1 Å². The van der Waals surface area contributed by atoms with E-state index in [1.807, 2.05) is 34.6 Å². The lowest BCUT2D eigenvalue weighted by atomic mass is 9.49. The third-order valence-corrected chi connectivity index (χ3v) is 6.77. The predicted molar refractivity (Wildman–Crippen MR) is 131 cm³/mol. The Bertz CT molecular complexity index is 1090. The van der Waals surface area contributed by atoms with Gasteiger partial charge < -0.3 is 14.8 Å². The summed E-state index contributed by atoms with van der Waals surface area (Å²) in [6.45, 7) is 18.5. The number of nitrogens with zero attached hydrogens (tertiary/aromatic N) is 3. The van der Waals surface area contributed by atoms with Crippen molar-refractivity contribution >= 4 is 5.91 Å². The number of carbonyl (C=O) groups is 1. The highest BCUT2D eigenvalue weighted by molar-refractivity contribution is 5.96. The first-order valence-corrected chi connectivity index (χ1v) is 11.8. The normalized spacial score (nSPS) is 20.3. The minimum atomic E-state index is -0.334. The van der Waals surface area contributed by atoms with E-state index in [1.54, 1.807) is 18.2 Å². The number of benzene rings is 1. The third-order valence-electron chi connectivity index (χ3n) is 6.77. The molecule has 1 aromatic carbocycles. The molecule has 182 valence electrons. The van der Waals surface area contributed by atoms with Gasteiger partial charge in [-0.15, -0.1) is 0 Å². The Balaban J connectivity index is 1.81. The molecule has 1 aliphatic rings. The highest BCUT2D eigenvalue weighted by Gasteiger charge is 2.64. The molecular formula is C27H36N4O3. The Kier molecular flexibility index (Phi) is 6.93. The number of nitrogens with one attached hydrogen (secondary N) is 1. The SMILES string of the molecule is CCOc1cc(OC2C(C)(C)C(NC(=O)c3c(C)nc(C(C)C)nc3C)C2(C)C)ccc1C#N. The van der Waals surface area contributed by atoms with Crippen LogP contribution >= 0.6 is 0 Å². The molecule has 0 radical (unpaired) electrons. The highest BCUT2D eigenvalue weighted by Crippen LogP contribution is 2.55. The fourth-order valence-electron chi connectivity index (χ4n) is 5.41. The molecule has 1 aliphatic carbocycles. The maximum absolute atomic E-state index is 13.3. The van der Waals surface area contributed by atoms with Crippen LogP contribution in [0.5, 0.6) is 11.5 Å². The average molecular weight is 465 g/mol. The molecule has 0 aliphatic heterocycles. The molecule has 0 bridgehead atoms. The second kappa shape index (κ2) is 9.25. The third kappa shape index (κ3) is 4.46. The molecule has 1 amide bonds. The number of nitriles is 1. The molecule has 7 nitrogen and oxygen atoms in total. The molecule has 1 N–H and O–H groups in total. The summed E-state index contributed by atoms with van der Waals surface area (Å²) in [5.41, 5.74) is 1.73. The maximum Gasteiger partial charge on any atom is 0.255 e. The van der Waals surface area contributed by atoms with Gasteiger partial charge in [0.1, 0.15) is 29.5 Å². The van der Waals surface area contributed by atoms with Crippen LogP contribution in [0.25, 0.3) is 0 Å². The van der Waals surface area contributed by atoms with E-state index in [2.05, 4.69) is 49.0 Å². The van der Waals surface area contributed by atoms with E-state index >= 15 is 0 Å². The van der Waals surface area contributed by atoms with Gasteiger partial charge in [0.25, 0.3) is 5.91 Å². The van der Waals surface area contributed by atoms with Crippen LogP contribution in [-0.2, 0) is 0 Å². The van der Waals surface area contributed by atoms with Crippen LogP contribution in [0, 0.1) is 36.0 Å². The molecule has 1 saturated carbocycles. The van der Waals surface area contributed by atoms with Gasteiger partial charge in [0.15, 0.2) is 0 Å². The molecule has 0 spiro atoms. The van der Waals surface area contributed by atoms with Crippen molar-refractivity contribution in [1.29, 1.82) is 5.26 Å². The first-order chi connectivity index (χ1) is 15.8. The van der Waals surface area contributed by atoms with E-state index in [-0.39, 0.29) is 34.8 Å². The van der Waals surface area contributed by atoms with E-state index in [0.29, 0.717) is 40.6 Å². The number of ether oxygens (including phenoxy) is 2. The second-order valence-corrected chi connectivity index (χ2v) is 10.5. The summed E-state index contributed by atoms with van der Waals surface area (Å²) in [4.78, 5) is 22.4. The van der Waals surface area contributed by atoms with Gasteiger partial charge in [-0.1, -0.05) is 41.5 Å². The fourth-order valence-corrected chi connectivity index (χ4v) is 5.41. The molecule has 0 unspecified atom stereocenters. The number of aryl methyl sites for hydroxylation is 2. The highest BCUT2D eigenvalue weighted by atomic mass is 16.5. The molecule has 1 aromatic heterocycles. The number of amides is 1. The van der Waals surface area contributed by atoms with Gasteiger partial charge >= 0.3 is 0 Å². The summed E-state index contributed by atoms with van der Waals surface area (Å²) in [5.74, 6) is 1.94. The smallest absolute Gasteiger partial charge is 0.255 e. The van der Waals surface area contributed by atoms with Crippen LogP contribution in [0.3, 0.4) is 0 Å². The zero-order valence-electron chi connectivity index (χ0n) is 21.7. The van der Waals surface area contributed by atoms with E-state index in [1.165, 1.54) is 0 Å². The largest absolute Gasteiger partial charge is 0.492 e. The van der Waals surface area contributed by atoms with Crippen molar-refractivity contribution < 1.29 is 14.3 Å². The van der Waals surface area contributed by atoms with Crippen molar-refractivity contribution in [3.63, 3.8) is 0 Å². The summed E-state index contributed by atoms with van der Waals surface area (Å²) >= 11 is 0. The number of hydrogen-bond acceptors (Lipinski definition) is 6. The van der Waals surface area contributed by atoms with Crippen LogP contribution in [0.2, 0.25) is 0 Å². The zero-order valence-corrected chi connectivity index (χ0v) is 21.7. The Labute approximate surface area is 202 Å². The van der Waals surface area contributed by atoms with Crippen LogP contribution in [0.15, 0.2) is 18.2 Å². The minimum Gasteiger partial charge on any atom is -0.492 e. The first-order valence-electron chi connectivity index (χ1n) is 11.8. The number of hydrogen-bond donors (Lipinski definition) is 1. The summed E-state index contributed by atoms with van der Waals surface area (Å²) < 4.78 is 12.0. The van der Waals surface area contributed by atoms with Crippen LogP contribution in [-0.4, -0.2) is 34.6 Å². The maximum atomic E-state index is 13.3. The Morgan fingerprint density at radius 1 is 1.15 bits per heavy atom. The molecule has 2 aromatic rings. The van der Waals surface area contributed by atoms with Crippen molar-refractivity contribution in [3.8, 4) is 17.6 Å². The van der Waals surface area contributed by atoms with Crippen LogP contribution in [0.4, 0.5) is 0 Å². The van der Waals surface area contributed by atoms with Gasteiger partial charge in [-0.3, -0.25) is 4.79 Å². The van der Waals surface area contributed by atoms with Gasteiger partial charge in [-0.25, -0.2) is 9.97 Å². The summed E-state index contributed by atoms with van der Waals surface area (Å²) in [6.07, 6.45) is -0.158. The molecule has 3 rings (SSSR count). The number of aromatic nitrogens is 2. The molecule has 1 heterocycles. The number of rotatable bonds is 7. The number of carbonyl (C=O) groups excluding carboxylic acids is 1. The van der Waals surface area contributed by atoms with Gasteiger partial charge in [0.05, 0.1) is 29.1 Å². The quantitative estimate of drug-likeness (QED) is 0.612. The van der Waals surface area contributed by atoms with Gasteiger partial charge in [-0.05, 0) is 32.9 Å². The Morgan fingerprint density at radius 3 is 2.24 bits per heavy atom. The molecule has 1 fully saturated rings.